The molecule has 2 unspecified atom stereocenters. The normalized spacial score (nSPS) is 15.8. The van der Waals surface area contributed by atoms with E-state index >= 15 is 0 Å². The minimum atomic E-state index is -0.449. The zero-order valence-corrected chi connectivity index (χ0v) is 38.5. The zero-order valence-electron chi connectivity index (χ0n) is 31.4. The molecule has 0 bridgehead atoms. The smallest absolute Gasteiger partial charge is 0.585 e. The Labute approximate surface area is 399 Å². The monoisotopic (exact) mass is 956 g/mol. The van der Waals surface area contributed by atoms with Gasteiger partial charge in [0.15, 0.2) is 0 Å². The van der Waals surface area contributed by atoms with E-state index < -0.39 is 15.7 Å². The predicted octanol–water partition coefficient (Wildman–Crippen LogP) is 3.22. The molecule has 4 aromatic carbocycles. The van der Waals surface area contributed by atoms with Crippen molar-refractivity contribution in [3.63, 3.8) is 0 Å². The maximum absolute atomic E-state index is 12.4. The molecule has 0 aliphatic carbocycles. The number of para-hydroxylation sites is 2. The van der Waals surface area contributed by atoms with Crippen molar-refractivity contribution in [2.45, 2.75) is 36.6 Å². The number of rotatable bonds is 10. The largest absolute Gasteiger partial charge is 1.00 e. The van der Waals surface area contributed by atoms with Gasteiger partial charge in [-0.25, -0.2) is 9.97 Å². The minimum absolute atomic E-state index is 0. The van der Waals surface area contributed by atoms with Crippen molar-refractivity contribution >= 4 is 91.6 Å². The van der Waals surface area contributed by atoms with E-state index in [2.05, 4.69) is 20.6 Å². The topological polar surface area (TPSA) is 183 Å². The van der Waals surface area contributed by atoms with Crippen molar-refractivity contribution in [1.82, 2.24) is 24.4 Å². The number of amides is 4. The molecule has 2 aliphatic rings. The van der Waals surface area contributed by atoms with Gasteiger partial charge >= 0.3 is 51.4 Å². The molecule has 4 heterocycles. The number of fused-ring (bicyclic) bond motifs is 2. The van der Waals surface area contributed by atoms with Gasteiger partial charge < -0.3 is 24.4 Å². The molecule has 1 N–H and O–H groups in total. The predicted molar refractivity (Wildman–Crippen MR) is 228 cm³/mol. The fourth-order valence-corrected chi connectivity index (χ4v) is 7.65. The Morgan fingerprint density at radius 1 is 0.638 bits per heavy atom. The molecule has 0 radical (unpaired) electrons. The fourth-order valence-electron chi connectivity index (χ4n) is 5.97. The number of ether oxygens (including phenoxy) is 2. The quantitative estimate of drug-likeness (QED) is 0.157. The van der Waals surface area contributed by atoms with Crippen LogP contribution in [0.2, 0.25) is 0 Å². The summed E-state index contributed by atoms with van der Waals surface area (Å²) in [6.45, 7) is 0.311. The average molecular weight is 957 g/mol. The number of hydrogen-bond donors (Lipinski definition) is 1. The molecule has 8 rings (SSSR count). The van der Waals surface area contributed by atoms with E-state index in [1.165, 1.54) is 9.13 Å². The molecule has 58 heavy (non-hydrogen) atoms. The van der Waals surface area contributed by atoms with Gasteiger partial charge in [0.1, 0.15) is 41.6 Å². The van der Waals surface area contributed by atoms with Crippen LogP contribution in [0.15, 0.2) is 107 Å². The van der Waals surface area contributed by atoms with Crippen LogP contribution >= 0.6 is 47.5 Å². The van der Waals surface area contributed by atoms with Gasteiger partial charge in [0.05, 0.1) is 38.2 Å². The first-order valence-electron chi connectivity index (χ1n) is 17.3. The summed E-state index contributed by atoms with van der Waals surface area (Å²) in [4.78, 5) is 79.6. The number of benzene rings is 4. The van der Waals surface area contributed by atoms with Gasteiger partial charge in [-0.2, -0.15) is 0 Å². The van der Waals surface area contributed by atoms with Crippen LogP contribution in [0.4, 0.5) is 9.59 Å². The maximum atomic E-state index is 12.4. The van der Waals surface area contributed by atoms with Crippen molar-refractivity contribution in [3.05, 3.63) is 146 Å². The molecular formula is C40H34IKN6O8S2. The van der Waals surface area contributed by atoms with Crippen LogP contribution in [0.5, 0.6) is 11.5 Å². The number of carbonyl (C=O) groups excluding carboxylic acids is 4. The third-order valence-corrected chi connectivity index (χ3v) is 11.0. The second-order valence-electron chi connectivity index (χ2n) is 12.8. The van der Waals surface area contributed by atoms with Gasteiger partial charge in [-0.05, 0) is 72.5 Å². The fraction of sp³-hybridized carbons (Fsp3) is 0.200. The molecule has 2 saturated heterocycles. The summed E-state index contributed by atoms with van der Waals surface area (Å²) in [6.07, 6.45) is 0.920. The molecule has 2 aromatic heterocycles. The number of carbonyl (C=O) groups is 4. The van der Waals surface area contributed by atoms with Crippen molar-refractivity contribution < 1.29 is 80.0 Å². The van der Waals surface area contributed by atoms with E-state index in [0.717, 1.165) is 34.7 Å². The Kier molecular flexibility index (Phi) is 15.9. The number of halogens is 1. The number of nitrogens with one attached hydrogen (secondary N) is 1. The molecule has 292 valence electrons. The zero-order chi connectivity index (χ0) is 39.3. The van der Waals surface area contributed by atoms with Gasteiger partial charge in [-0.1, -0.05) is 72.1 Å². The van der Waals surface area contributed by atoms with Crippen LogP contribution in [-0.4, -0.2) is 51.9 Å². The van der Waals surface area contributed by atoms with E-state index in [-0.39, 0.29) is 117 Å². The molecule has 6 aromatic rings. The van der Waals surface area contributed by atoms with E-state index in [1.807, 2.05) is 48.5 Å². The minimum Gasteiger partial charge on any atom is -0.585 e. The third kappa shape index (κ3) is 10.8. The number of imide groups is 2. The van der Waals surface area contributed by atoms with Gasteiger partial charge in [-0.15, -0.1) is 24.0 Å². The molecule has 2 atom stereocenters. The molecule has 0 spiro atoms. The van der Waals surface area contributed by atoms with Gasteiger partial charge in [0, 0.05) is 14.1 Å². The number of hydrogen-bond acceptors (Lipinski definition) is 12. The SMILES string of the molecule is Cn1c(COc2ccc(CC3SC(=O)NC3=O)cc2)nc2ccccc2c1=O.Cn1c(COc2ccc(CC3SC(=O)[N-]C3=O)cc2)nc2ccccc2c1=O.I.[K+]. The van der Waals surface area contributed by atoms with Gasteiger partial charge in [-0.3, -0.25) is 33.6 Å². The van der Waals surface area contributed by atoms with Crippen molar-refractivity contribution in [1.29, 1.82) is 0 Å². The van der Waals surface area contributed by atoms with Crippen LogP contribution in [-0.2, 0) is 49.7 Å². The van der Waals surface area contributed by atoms with E-state index in [9.17, 15) is 28.8 Å². The molecule has 4 amide bonds. The summed E-state index contributed by atoms with van der Waals surface area (Å²) in [5.74, 6) is 1.69. The summed E-state index contributed by atoms with van der Waals surface area (Å²) in [6, 6.07) is 29.0. The van der Waals surface area contributed by atoms with Crippen LogP contribution in [0.3, 0.4) is 0 Å². The molecular weight excluding hydrogens is 923 g/mol. The van der Waals surface area contributed by atoms with Crippen LogP contribution < -0.4 is 77.3 Å². The van der Waals surface area contributed by atoms with Crippen LogP contribution in [0.1, 0.15) is 22.8 Å². The van der Waals surface area contributed by atoms with Crippen LogP contribution in [0, 0.1) is 0 Å². The summed E-state index contributed by atoms with van der Waals surface area (Å²) >= 11 is 1.97. The number of aromatic nitrogens is 4. The molecule has 14 nitrogen and oxygen atoms in total. The third-order valence-electron chi connectivity index (χ3n) is 9.06. The first-order valence-corrected chi connectivity index (χ1v) is 19.1. The van der Waals surface area contributed by atoms with E-state index in [0.29, 0.717) is 57.8 Å². The first kappa shape index (κ1) is 45.2. The van der Waals surface area contributed by atoms with Crippen molar-refractivity contribution in [2.75, 3.05) is 0 Å². The van der Waals surface area contributed by atoms with E-state index in [1.54, 1.807) is 62.6 Å². The standard InChI is InChI=1S/2C20H17N3O4S.HI.K/c2*1-23-17(21-15-5-3-2-4-14(15)19(23)25)11-27-13-8-6-12(7-9-13)10-16-18(24)22-20(26)28-16;;/h2*2-9,16H,10-11H2,1H3,(H,22,24,26);1H;/q;;;+1/p-1. The van der Waals surface area contributed by atoms with Gasteiger partial charge in [0.25, 0.3) is 16.4 Å². The Hall–Kier alpha value is -3.89. The Morgan fingerprint density at radius 3 is 1.50 bits per heavy atom. The molecule has 2 fully saturated rings. The molecule has 18 heteroatoms. The molecule has 2 aliphatic heterocycles. The average Bonchev–Trinajstić information content (AvgIpc) is 3.70. The number of nitrogens with zero attached hydrogens (tertiary/aromatic N) is 5. The second kappa shape index (κ2) is 20.4. The Bertz CT molecular complexity index is 2440. The first-order chi connectivity index (χ1) is 27.0. The summed E-state index contributed by atoms with van der Waals surface area (Å²) in [5, 5.41) is 5.27. The van der Waals surface area contributed by atoms with Crippen molar-refractivity contribution in [2.24, 2.45) is 14.1 Å². The number of thioether (sulfide) groups is 2. The summed E-state index contributed by atoms with van der Waals surface area (Å²) in [7, 11) is 3.35. The molecule has 0 saturated carbocycles. The van der Waals surface area contributed by atoms with Crippen molar-refractivity contribution in [3.8, 4) is 11.5 Å². The second-order valence-corrected chi connectivity index (χ2v) is 15.1. The Morgan fingerprint density at radius 2 is 1.09 bits per heavy atom. The summed E-state index contributed by atoms with van der Waals surface area (Å²) < 4.78 is 14.5. The van der Waals surface area contributed by atoms with Gasteiger partial charge in [0.2, 0.25) is 5.91 Å². The Balaban J connectivity index is 0.000000214. The summed E-state index contributed by atoms with van der Waals surface area (Å²) in [5.41, 5.74) is 2.91. The van der Waals surface area contributed by atoms with Crippen LogP contribution in [0.25, 0.3) is 27.1 Å². The maximum Gasteiger partial charge on any atom is 1.00 e. The van der Waals surface area contributed by atoms with E-state index in [4.69, 9.17) is 9.47 Å².